The zero-order chi connectivity index (χ0) is 20.9. The van der Waals surface area contributed by atoms with Crippen molar-refractivity contribution in [1.29, 1.82) is 0 Å². The van der Waals surface area contributed by atoms with Gasteiger partial charge in [-0.15, -0.1) is 11.3 Å². The summed E-state index contributed by atoms with van der Waals surface area (Å²) >= 11 is 1.25. The number of rotatable bonds is 8. The van der Waals surface area contributed by atoms with Gasteiger partial charge in [-0.2, -0.15) is 0 Å². The smallest absolute Gasteiger partial charge is 0.261 e. The highest BCUT2D eigenvalue weighted by Crippen LogP contribution is 2.31. The maximum atomic E-state index is 12.4. The minimum atomic E-state index is -0.223. The van der Waals surface area contributed by atoms with Gasteiger partial charge >= 0.3 is 0 Å². The van der Waals surface area contributed by atoms with E-state index in [0.29, 0.717) is 34.3 Å². The van der Waals surface area contributed by atoms with Crippen molar-refractivity contribution in [3.8, 4) is 0 Å². The largest absolute Gasteiger partial charge is 0.467 e. The Hall–Kier alpha value is -3.39. The standard InChI is InChI=1S/C22H21N3O4S/c26-20(24-13-17-5-2-10-29-17)16-4-1-3-14(11-16)12-23-22(28)18-8-9-19(30-18)25-21(27)15-6-7-15/h1-5,8-11,15H,6-7,12-13H2,(H,23,28)(H,24,26)(H,25,27). The van der Waals surface area contributed by atoms with E-state index < -0.39 is 0 Å². The third kappa shape index (κ3) is 5.15. The zero-order valence-corrected chi connectivity index (χ0v) is 17.0. The quantitative estimate of drug-likeness (QED) is 0.516. The molecule has 4 rings (SSSR count). The van der Waals surface area contributed by atoms with Crippen LogP contribution in [0.3, 0.4) is 0 Å². The molecule has 154 valence electrons. The topological polar surface area (TPSA) is 100 Å². The number of furan rings is 1. The summed E-state index contributed by atoms with van der Waals surface area (Å²) in [6.45, 7) is 0.602. The molecule has 0 spiro atoms. The first-order valence-electron chi connectivity index (χ1n) is 9.67. The molecule has 3 N–H and O–H groups in total. The van der Waals surface area contributed by atoms with Gasteiger partial charge < -0.3 is 20.4 Å². The summed E-state index contributed by atoms with van der Waals surface area (Å²) in [5.41, 5.74) is 1.32. The molecular formula is C22H21N3O4S. The average molecular weight is 423 g/mol. The van der Waals surface area contributed by atoms with E-state index in [9.17, 15) is 14.4 Å². The van der Waals surface area contributed by atoms with Crippen LogP contribution in [-0.4, -0.2) is 17.7 Å². The SMILES string of the molecule is O=C(NCc1ccco1)c1cccc(CNC(=O)c2ccc(NC(=O)C3CC3)s2)c1. The number of benzene rings is 1. The average Bonchev–Trinajstić information content (AvgIpc) is 3.29. The third-order valence-electron chi connectivity index (χ3n) is 4.67. The molecule has 3 amide bonds. The van der Waals surface area contributed by atoms with Crippen LogP contribution < -0.4 is 16.0 Å². The first-order valence-corrected chi connectivity index (χ1v) is 10.5. The summed E-state index contributed by atoms with van der Waals surface area (Å²) < 4.78 is 5.20. The zero-order valence-electron chi connectivity index (χ0n) is 16.1. The van der Waals surface area contributed by atoms with Crippen LogP contribution in [-0.2, 0) is 17.9 Å². The van der Waals surface area contributed by atoms with Crippen LogP contribution in [0.1, 0.15) is 44.2 Å². The lowest BCUT2D eigenvalue weighted by molar-refractivity contribution is -0.117. The van der Waals surface area contributed by atoms with E-state index >= 15 is 0 Å². The molecule has 2 aromatic heterocycles. The summed E-state index contributed by atoms with van der Waals surface area (Å²) in [4.78, 5) is 37.1. The first kappa shape index (κ1) is 19.9. The Morgan fingerprint density at radius 2 is 1.80 bits per heavy atom. The molecule has 1 saturated carbocycles. The van der Waals surface area contributed by atoms with Crippen molar-refractivity contribution in [2.75, 3.05) is 5.32 Å². The Bertz CT molecular complexity index is 1050. The van der Waals surface area contributed by atoms with E-state index in [1.54, 1.807) is 48.7 Å². The molecule has 0 saturated heterocycles. The van der Waals surface area contributed by atoms with E-state index in [0.717, 1.165) is 18.4 Å². The number of carbonyl (C=O) groups is 3. The van der Waals surface area contributed by atoms with Gasteiger partial charge in [-0.25, -0.2) is 0 Å². The van der Waals surface area contributed by atoms with Crippen molar-refractivity contribution < 1.29 is 18.8 Å². The van der Waals surface area contributed by atoms with Crippen molar-refractivity contribution in [3.63, 3.8) is 0 Å². The predicted molar refractivity (Wildman–Crippen MR) is 113 cm³/mol. The third-order valence-corrected chi connectivity index (χ3v) is 5.67. The minimum Gasteiger partial charge on any atom is -0.467 e. The van der Waals surface area contributed by atoms with Crippen LogP contribution >= 0.6 is 11.3 Å². The van der Waals surface area contributed by atoms with E-state index in [1.807, 2.05) is 6.07 Å². The van der Waals surface area contributed by atoms with Crippen molar-refractivity contribution in [2.45, 2.75) is 25.9 Å². The van der Waals surface area contributed by atoms with Crippen LogP contribution in [0.4, 0.5) is 5.00 Å². The second-order valence-electron chi connectivity index (χ2n) is 7.07. The van der Waals surface area contributed by atoms with Gasteiger partial charge in [0.25, 0.3) is 11.8 Å². The van der Waals surface area contributed by atoms with Crippen LogP contribution in [0.25, 0.3) is 0 Å². The molecule has 1 aliphatic carbocycles. The highest BCUT2D eigenvalue weighted by Gasteiger charge is 2.29. The van der Waals surface area contributed by atoms with E-state index in [-0.39, 0.29) is 23.6 Å². The molecule has 30 heavy (non-hydrogen) atoms. The Balaban J connectivity index is 1.29. The maximum absolute atomic E-state index is 12.4. The number of hydrogen-bond donors (Lipinski definition) is 3. The molecule has 7 nitrogen and oxygen atoms in total. The van der Waals surface area contributed by atoms with Crippen LogP contribution in [0, 0.1) is 5.92 Å². The lowest BCUT2D eigenvalue weighted by atomic mass is 10.1. The molecule has 8 heteroatoms. The number of anilines is 1. The summed E-state index contributed by atoms with van der Waals surface area (Å²) in [7, 11) is 0. The van der Waals surface area contributed by atoms with Crippen LogP contribution in [0.15, 0.2) is 59.2 Å². The number of amides is 3. The molecule has 0 bridgehead atoms. The van der Waals surface area contributed by atoms with E-state index in [4.69, 9.17) is 4.42 Å². The normalized spacial score (nSPS) is 12.9. The summed E-state index contributed by atoms with van der Waals surface area (Å²) in [6.07, 6.45) is 3.43. The van der Waals surface area contributed by atoms with Gasteiger partial charge in [0.05, 0.1) is 22.7 Å². The van der Waals surface area contributed by atoms with Crippen LogP contribution in [0.2, 0.25) is 0 Å². The maximum Gasteiger partial charge on any atom is 0.261 e. The first-order chi connectivity index (χ1) is 14.6. The monoisotopic (exact) mass is 423 g/mol. The Labute approximate surface area is 177 Å². The highest BCUT2D eigenvalue weighted by atomic mass is 32.1. The number of carbonyl (C=O) groups excluding carboxylic acids is 3. The Morgan fingerprint density at radius 1 is 0.967 bits per heavy atom. The summed E-state index contributed by atoms with van der Waals surface area (Å²) in [6, 6.07) is 14.1. The lowest BCUT2D eigenvalue weighted by Crippen LogP contribution is -2.24. The van der Waals surface area contributed by atoms with Gasteiger partial charge in [-0.1, -0.05) is 12.1 Å². The molecule has 1 fully saturated rings. The Kier molecular flexibility index (Phi) is 5.94. The van der Waals surface area contributed by atoms with Gasteiger partial charge in [0.2, 0.25) is 5.91 Å². The fraction of sp³-hybridized carbons (Fsp3) is 0.227. The van der Waals surface area contributed by atoms with E-state index in [2.05, 4.69) is 16.0 Å². The second kappa shape index (κ2) is 8.96. The van der Waals surface area contributed by atoms with Crippen molar-refractivity contribution in [1.82, 2.24) is 10.6 Å². The molecule has 3 aromatic rings. The second-order valence-corrected chi connectivity index (χ2v) is 8.16. The van der Waals surface area contributed by atoms with Crippen molar-refractivity contribution in [3.05, 3.63) is 76.6 Å². The number of hydrogen-bond acceptors (Lipinski definition) is 5. The predicted octanol–water partition coefficient (Wildman–Crippen LogP) is 3.55. The van der Waals surface area contributed by atoms with Gasteiger partial charge in [0, 0.05) is 18.0 Å². The molecule has 0 radical (unpaired) electrons. The van der Waals surface area contributed by atoms with Crippen molar-refractivity contribution in [2.24, 2.45) is 5.92 Å². The van der Waals surface area contributed by atoms with Gasteiger partial charge in [0.15, 0.2) is 0 Å². The van der Waals surface area contributed by atoms with Gasteiger partial charge in [-0.05, 0) is 54.8 Å². The summed E-state index contributed by atoms with van der Waals surface area (Å²) in [5, 5.41) is 9.16. The molecule has 1 aliphatic rings. The fourth-order valence-corrected chi connectivity index (χ4v) is 3.70. The lowest BCUT2D eigenvalue weighted by Gasteiger charge is -2.07. The molecule has 0 atom stereocenters. The minimum absolute atomic E-state index is 0.0194. The van der Waals surface area contributed by atoms with Crippen molar-refractivity contribution >= 4 is 34.1 Å². The highest BCUT2D eigenvalue weighted by molar-refractivity contribution is 7.18. The number of nitrogens with one attached hydrogen (secondary N) is 3. The molecule has 1 aromatic carbocycles. The fourth-order valence-electron chi connectivity index (χ4n) is 2.87. The molecule has 2 heterocycles. The molecule has 0 aliphatic heterocycles. The Morgan fingerprint density at radius 3 is 2.57 bits per heavy atom. The van der Waals surface area contributed by atoms with Crippen LogP contribution in [0.5, 0.6) is 0 Å². The molecular weight excluding hydrogens is 402 g/mol. The van der Waals surface area contributed by atoms with E-state index in [1.165, 1.54) is 11.3 Å². The van der Waals surface area contributed by atoms with Gasteiger partial charge in [-0.3, -0.25) is 14.4 Å². The number of thiophene rings is 1. The summed E-state index contributed by atoms with van der Waals surface area (Å²) in [5.74, 6) is 0.378. The van der Waals surface area contributed by atoms with Gasteiger partial charge in [0.1, 0.15) is 5.76 Å². The molecule has 0 unspecified atom stereocenters.